The van der Waals surface area contributed by atoms with Crippen molar-refractivity contribution in [2.24, 2.45) is 0 Å². The van der Waals surface area contributed by atoms with Crippen molar-refractivity contribution in [3.63, 3.8) is 0 Å². The van der Waals surface area contributed by atoms with Crippen molar-refractivity contribution in [2.45, 2.75) is 33.6 Å². The van der Waals surface area contributed by atoms with Gasteiger partial charge in [0.25, 0.3) is 0 Å². The molecule has 0 aliphatic carbocycles. The lowest BCUT2D eigenvalue weighted by Crippen LogP contribution is -1.85. The van der Waals surface area contributed by atoms with Crippen molar-refractivity contribution >= 4 is 0 Å². The molecule has 0 saturated heterocycles. The minimum atomic E-state index is 1.03. The van der Waals surface area contributed by atoms with E-state index in [2.05, 4.69) is 23.8 Å². The van der Waals surface area contributed by atoms with Gasteiger partial charge in [-0.15, -0.1) is 0 Å². The van der Waals surface area contributed by atoms with Crippen molar-refractivity contribution in [1.82, 2.24) is 9.97 Å². The molecule has 1 heterocycles. The van der Waals surface area contributed by atoms with Crippen LogP contribution in [-0.4, -0.2) is 9.97 Å². The van der Waals surface area contributed by atoms with Crippen LogP contribution in [0.25, 0.3) is 0 Å². The van der Waals surface area contributed by atoms with Crippen LogP contribution in [0.2, 0.25) is 0 Å². The molecule has 0 aliphatic rings. The van der Waals surface area contributed by atoms with E-state index in [-0.39, 0.29) is 0 Å². The lowest BCUT2D eigenvalue weighted by atomic mass is 10.2. The van der Waals surface area contributed by atoms with Gasteiger partial charge in [0.15, 0.2) is 0 Å². The highest BCUT2D eigenvalue weighted by atomic mass is 14.9. The Bertz CT molecular complexity index is 213. The standard InChI is InChI=1S/C8H14N2/c1-4-5-8-6(2)9-7(3)10-8/h4-5H2,1-3H3,(H,9,10). The fourth-order valence-corrected chi connectivity index (χ4v) is 1.14. The number of H-pyrrole nitrogens is 1. The van der Waals surface area contributed by atoms with E-state index in [4.69, 9.17) is 0 Å². The van der Waals surface area contributed by atoms with Gasteiger partial charge in [-0.2, -0.15) is 0 Å². The fraction of sp³-hybridized carbons (Fsp3) is 0.625. The number of nitrogens with one attached hydrogen (secondary N) is 1. The van der Waals surface area contributed by atoms with Crippen LogP contribution in [0.4, 0.5) is 0 Å². The van der Waals surface area contributed by atoms with Crippen LogP contribution < -0.4 is 0 Å². The van der Waals surface area contributed by atoms with E-state index in [9.17, 15) is 0 Å². The number of hydrogen-bond donors (Lipinski definition) is 1. The van der Waals surface area contributed by atoms with Crippen LogP contribution in [0.15, 0.2) is 0 Å². The highest BCUT2D eigenvalue weighted by Crippen LogP contribution is 2.05. The molecule has 1 aromatic rings. The van der Waals surface area contributed by atoms with Gasteiger partial charge in [-0.3, -0.25) is 0 Å². The number of aromatic nitrogens is 2. The molecule has 1 N–H and O–H groups in total. The summed E-state index contributed by atoms with van der Waals surface area (Å²) < 4.78 is 0. The second-order valence-corrected chi connectivity index (χ2v) is 2.64. The Morgan fingerprint density at radius 3 is 2.50 bits per heavy atom. The van der Waals surface area contributed by atoms with Gasteiger partial charge < -0.3 is 4.98 Å². The van der Waals surface area contributed by atoms with E-state index in [0.29, 0.717) is 0 Å². The van der Waals surface area contributed by atoms with Gasteiger partial charge in [-0.25, -0.2) is 4.98 Å². The molecule has 0 atom stereocenters. The van der Waals surface area contributed by atoms with Crippen LogP contribution in [0, 0.1) is 13.8 Å². The Morgan fingerprint density at radius 1 is 1.40 bits per heavy atom. The van der Waals surface area contributed by atoms with E-state index in [0.717, 1.165) is 12.2 Å². The highest BCUT2D eigenvalue weighted by Gasteiger charge is 2.00. The minimum Gasteiger partial charge on any atom is -0.346 e. The van der Waals surface area contributed by atoms with Gasteiger partial charge in [0, 0.05) is 5.69 Å². The number of nitrogens with zero attached hydrogens (tertiary/aromatic N) is 1. The van der Waals surface area contributed by atoms with Gasteiger partial charge >= 0.3 is 0 Å². The third kappa shape index (κ3) is 1.38. The number of hydrogen-bond acceptors (Lipinski definition) is 1. The molecule has 0 aromatic carbocycles. The maximum atomic E-state index is 4.34. The third-order valence-corrected chi connectivity index (χ3v) is 1.59. The van der Waals surface area contributed by atoms with E-state index >= 15 is 0 Å². The molecule has 0 bridgehead atoms. The molecule has 1 rings (SSSR count). The first-order valence-electron chi connectivity index (χ1n) is 3.76. The van der Waals surface area contributed by atoms with E-state index < -0.39 is 0 Å². The molecule has 2 nitrogen and oxygen atoms in total. The number of rotatable bonds is 2. The first-order valence-corrected chi connectivity index (χ1v) is 3.76. The predicted octanol–water partition coefficient (Wildman–Crippen LogP) is 1.98. The molecule has 2 heteroatoms. The summed E-state index contributed by atoms with van der Waals surface area (Å²) in [6, 6.07) is 0. The molecular weight excluding hydrogens is 124 g/mol. The summed E-state index contributed by atoms with van der Waals surface area (Å²) in [6.07, 6.45) is 2.27. The van der Waals surface area contributed by atoms with Crippen molar-refractivity contribution in [3.8, 4) is 0 Å². The van der Waals surface area contributed by atoms with Crippen LogP contribution >= 0.6 is 0 Å². The Labute approximate surface area is 61.7 Å². The quantitative estimate of drug-likeness (QED) is 0.665. The van der Waals surface area contributed by atoms with Crippen LogP contribution in [0.3, 0.4) is 0 Å². The molecule has 0 saturated carbocycles. The third-order valence-electron chi connectivity index (χ3n) is 1.59. The molecule has 0 unspecified atom stereocenters. The predicted molar refractivity (Wildman–Crippen MR) is 42.1 cm³/mol. The molecule has 56 valence electrons. The lowest BCUT2D eigenvalue weighted by Gasteiger charge is -1.90. The highest BCUT2D eigenvalue weighted by molar-refractivity contribution is 5.12. The number of imidazole rings is 1. The molecule has 0 radical (unpaired) electrons. The number of aromatic amines is 1. The largest absolute Gasteiger partial charge is 0.346 e. The Hall–Kier alpha value is -0.790. The molecule has 0 aliphatic heterocycles. The smallest absolute Gasteiger partial charge is 0.103 e. The maximum absolute atomic E-state index is 4.34. The Morgan fingerprint density at radius 2 is 2.10 bits per heavy atom. The second kappa shape index (κ2) is 2.86. The van der Waals surface area contributed by atoms with Gasteiger partial charge in [0.05, 0.1) is 5.69 Å². The van der Waals surface area contributed by atoms with Gasteiger partial charge in [-0.1, -0.05) is 13.3 Å². The summed E-state index contributed by atoms with van der Waals surface area (Å²) in [4.78, 5) is 7.53. The number of aryl methyl sites for hydroxylation is 3. The lowest BCUT2D eigenvalue weighted by molar-refractivity contribution is 0.879. The SMILES string of the molecule is CCCc1nc(C)[nH]c1C. The summed E-state index contributed by atoms with van der Waals surface area (Å²) in [5.74, 6) is 1.03. The molecular formula is C8H14N2. The summed E-state index contributed by atoms with van der Waals surface area (Å²) in [5, 5.41) is 0. The monoisotopic (exact) mass is 138 g/mol. The molecule has 0 spiro atoms. The molecule has 10 heavy (non-hydrogen) atoms. The van der Waals surface area contributed by atoms with E-state index in [1.54, 1.807) is 0 Å². The summed E-state index contributed by atoms with van der Waals surface area (Å²) in [5.41, 5.74) is 2.44. The van der Waals surface area contributed by atoms with Gasteiger partial charge in [0.1, 0.15) is 5.82 Å². The average molecular weight is 138 g/mol. The summed E-state index contributed by atoms with van der Waals surface area (Å²) in [7, 11) is 0. The van der Waals surface area contributed by atoms with Gasteiger partial charge in [-0.05, 0) is 20.3 Å². The zero-order valence-corrected chi connectivity index (χ0v) is 6.86. The maximum Gasteiger partial charge on any atom is 0.103 e. The normalized spacial score (nSPS) is 10.3. The van der Waals surface area contributed by atoms with Crippen molar-refractivity contribution < 1.29 is 0 Å². The summed E-state index contributed by atoms with van der Waals surface area (Å²) >= 11 is 0. The fourth-order valence-electron chi connectivity index (χ4n) is 1.14. The van der Waals surface area contributed by atoms with E-state index in [1.807, 2.05) is 6.92 Å². The van der Waals surface area contributed by atoms with E-state index in [1.165, 1.54) is 17.8 Å². The molecule has 0 fully saturated rings. The van der Waals surface area contributed by atoms with Gasteiger partial charge in [0.2, 0.25) is 0 Å². The Balaban J connectivity index is 2.81. The van der Waals surface area contributed by atoms with Crippen LogP contribution in [-0.2, 0) is 6.42 Å². The van der Waals surface area contributed by atoms with Crippen LogP contribution in [0.1, 0.15) is 30.6 Å². The zero-order chi connectivity index (χ0) is 7.56. The Kier molecular flexibility index (Phi) is 2.10. The van der Waals surface area contributed by atoms with Crippen molar-refractivity contribution in [1.29, 1.82) is 0 Å². The minimum absolute atomic E-state index is 1.03. The molecule has 0 amide bonds. The summed E-state index contributed by atoms with van der Waals surface area (Å²) in [6.45, 7) is 6.24. The first-order chi connectivity index (χ1) is 4.74. The average Bonchev–Trinajstić information content (AvgIpc) is 2.13. The van der Waals surface area contributed by atoms with Crippen LogP contribution in [0.5, 0.6) is 0 Å². The zero-order valence-electron chi connectivity index (χ0n) is 6.86. The van der Waals surface area contributed by atoms with Crippen molar-refractivity contribution in [2.75, 3.05) is 0 Å². The molecule has 1 aromatic heterocycles. The topological polar surface area (TPSA) is 28.7 Å². The first kappa shape index (κ1) is 7.32. The second-order valence-electron chi connectivity index (χ2n) is 2.64. The van der Waals surface area contributed by atoms with Crippen molar-refractivity contribution in [3.05, 3.63) is 17.2 Å².